The average Bonchev–Trinajstić information content (AvgIpc) is 2.52. The summed E-state index contributed by atoms with van der Waals surface area (Å²) in [6.45, 7) is 3.68. The third kappa shape index (κ3) is 4.97. The number of piperidine rings is 1. The summed E-state index contributed by atoms with van der Waals surface area (Å²) in [6, 6.07) is 0. The normalized spacial score (nSPS) is 15.3. The summed E-state index contributed by atoms with van der Waals surface area (Å²) in [5.41, 5.74) is 0.389. The van der Waals surface area contributed by atoms with Gasteiger partial charge in [-0.15, -0.1) is 0 Å². The van der Waals surface area contributed by atoms with Gasteiger partial charge in [-0.25, -0.2) is 9.97 Å². The maximum Gasteiger partial charge on any atom is 0.271 e. The zero-order valence-electron chi connectivity index (χ0n) is 13.0. The van der Waals surface area contributed by atoms with Crippen LogP contribution in [0.5, 0.6) is 0 Å². The van der Waals surface area contributed by atoms with Crippen LogP contribution >= 0.6 is 0 Å². The van der Waals surface area contributed by atoms with Crippen LogP contribution in [0.3, 0.4) is 0 Å². The first-order valence-corrected chi connectivity index (χ1v) is 7.67. The lowest BCUT2D eigenvalue weighted by atomic mass is 10.1. The molecule has 116 valence electrons. The first-order valence-electron chi connectivity index (χ1n) is 7.67. The molecule has 0 aromatic carbocycles. The van der Waals surface area contributed by atoms with Gasteiger partial charge in [0, 0.05) is 19.6 Å². The van der Waals surface area contributed by atoms with E-state index in [4.69, 9.17) is 0 Å². The number of hydrogen-bond acceptors (Lipinski definition) is 5. The third-order valence-corrected chi connectivity index (χ3v) is 3.62. The van der Waals surface area contributed by atoms with E-state index in [0.29, 0.717) is 12.2 Å². The summed E-state index contributed by atoms with van der Waals surface area (Å²) in [4.78, 5) is 24.9. The number of carbonyl (C=O) groups excluding carboxylic acids is 1. The molecule has 1 aliphatic rings. The van der Waals surface area contributed by atoms with Crippen molar-refractivity contribution in [3.63, 3.8) is 0 Å². The van der Waals surface area contributed by atoms with Crippen LogP contribution in [0.1, 0.15) is 36.2 Å². The number of amides is 1. The van der Waals surface area contributed by atoms with Crippen molar-refractivity contribution >= 4 is 11.7 Å². The molecule has 0 unspecified atom stereocenters. The van der Waals surface area contributed by atoms with Gasteiger partial charge in [0.15, 0.2) is 0 Å². The van der Waals surface area contributed by atoms with E-state index in [0.717, 1.165) is 31.9 Å². The van der Waals surface area contributed by atoms with Crippen molar-refractivity contribution in [2.75, 3.05) is 45.2 Å². The van der Waals surface area contributed by atoms with Gasteiger partial charge in [0.25, 0.3) is 5.91 Å². The summed E-state index contributed by atoms with van der Waals surface area (Å²) >= 11 is 0. The molecule has 0 saturated carbocycles. The van der Waals surface area contributed by atoms with E-state index in [1.54, 1.807) is 12.4 Å². The third-order valence-electron chi connectivity index (χ3n) is 3.62. The maximum atomic E-state index is 11.9. The number of carbonyl (C=O) groups is 1. The number of hydrogen-bond donors (Lipinski definition) is 1. The SMILES string of the molecule is CN(C)CCCNC(=O)c1cnc(N2CCCCC2)cn1. The molecule has 1 aromatic heterocycles. The van der Waals surface area contributed by atoms with Crippen molar-refractivity contribution in [1.29, 1.82) is 0 Å². The van der Waals surface area contributed by atoms with E-state index >= 15 is 0 Å². The number of aromatic nitrogens is 2. The van der Waals surface area contributed by atoms with Crippen LogP contribution in [0.15, 0.2) is 12.4 Å². The fourth-order valence-electron chi connectivity index (χ4n) is 2.41. The van der Waals surface area contributed by atoms with Crippen LogP contribution in [0.2, 0.25) is 0 Å². The van der Waals surface area contributed by atoms with Gasteiger partial charge in [-0.3, -0.25) is 4.79 Å². The molecule has 2 rings (SSSR count). The summed E-state index contributed by atoms with van der Waals surface area (Å²) < 4.78 is 0. The van der Waals surface area contributed by atoms with Gasteiger partial charge in [-0.2, -0.15) is 0 Å². The van der Waals surface area contributed by atoms with E-state index in [1.807, 2.05) is 14.1 Å². The average molecular weight is 291 g/mol. The minimum Gasteiger partial charge on any atom is -0.355 e. The number of rotatable bonds is 6. The van der Waals surface area contributed by atoms with E-state index in [2.05, 4.69) is 25.1 Å². The molecule has 0 bridgehead atoms. The first kappa shape index (κ1) is 15.7. The standard InChI is InChI=1S/C15H25N5O/c1-19(2)8-6-7-16-15(21)13-11-18-14(12-17-13)20-9-4-3-5-10-20/h11-12H,3-10H2,1-2H3,(H,16,21). The van der Waals surface area contributed by atoms with Crippen molar-refractivity contribution in [3.05, 3.63) is 18.1 Å². The van der Waals surface area contributed by atoms with Gasteiger partial charge in [-0.05, 0) is 46.3 Å². The lowest BCUT2D eigenvalue weighted by molar-refractivity contribution is 0.0947. The predicted octanol–water partition coefficient (Wildman–Crippen LogP) is 1.15. The van der Waals surface area contributed by atoms with E-state index in [-0.39, 0.29) is 5.91 Å². The van der Waals surface area contributed by atoms with Gasteiger partial charge in [0.1, 0.15) is 11.5 Å². The van der Waals surface area contributed by atoms with E-state index in [9.17, 15) is 4.79 Å². The van der Waals surface area contributed by atoms with Crippen molar-refractivity contribution in [3.8, 4) is 0 Å². The van der Waals surface area contributed by atoms with Crippen molar-refractivity contribution in [2.45, 2.75) is 25.7 Å². The molecule has 21 heavy (non-hydrogen) atoms. The fourth-order valence-corrected chi connectivity index (χ4v) is 2.41. The van der Waals surface area contributed by atoms with Gasteiger partial charge < -0.3 is 15.1 Å². The molecule has 1 aliphatic heterocycles. The Hall–Kier alpha value is -1.69. The molecule has 1 aromatic rings. The Labute approximate surface area is 126 Å². The molecule has 0 spiro atoms. The number of nitrogens with one attached hydrogen (secondary N) is 1. The molecular formula is C15H25N5O. The Morgan fingerprint density at radius 1 is 1.24 bits per heavy atom. The maximum absolute atomic E-state index is 11.9. The Balaban J connectivity index is 1.82. The largest absolute Gasteiger partial charge is 0.355 e. The molecular weight excluding hydrogens is 266 g/mol. The zero-order chi connectivity index (χ0) is 15.1. The molecule has 1 amide bonds. The summed E-state index contributed by atoms with van der Waals surface area (Å²) in [5.74, 6) is 0.727. The minimum absolute atomic E-state index is 0.147. The second-order valence-corrected chi connectivity index (χ2v) is 5.72. The Morgan fingerprint density at radius 2 is 2.00 bits per heavy atom. The molecule has 6 heteroatoms. The molecule has 1 N–H and O–H groups in total. The molecule has 0 aliphatic carbocycles. The molecule has 2 heterocycles. The van der Waals surface area contributed by atoms with Crippen LogP contribution < -0.4 is 10.2 Å². The van der Waals surface area contributed by atoms with Gasteiger partial charge in [-0.1, -0.05) is 0 Å². The summed E-state index contributed by atoms with van der Waals surface area (Å²) in [6.07, 6.45) is 7.91. The minimum atomic E-state index is -0.147. The Morgan fingerprint density at radius 3 is 2.62 bits per heavy atom. The fraction of sp³-hybridized carbons (Fsp3) is 0.667. The lowest BCUT2D eigenvalue weighted by Crippen LogP contribution is -2.31. The van der Waals surface area contributed by atoms with Crippen LogP contribution in [0, 0.1) is 0 Å². The second kappa shape index (κ2) is 7.93. The topological polar surface area (TPSA) is 61.4 Å². The van der Waals surface area contributed by atoms with Crippen LogP contribution in [0.4, 0.5) is 5.82 Å². The number of nitrogens with zero attached hydrogens (tertiary/aromatic N) is 4. The monoisotopic (exact) mass is 291 g/mol. The molecule has 0 radical (unpaired) electrons. The highest BCUT2D eigenvalue weighted by Gasteiger charge is 2.13. The second-order valence-electron chi connectivity index (χ2n) is 5.72. The number of anilines is 1. The van der Waals surface area contributed by atoms with Crippen molar-refractivity contribution < 1.29 is 4.79 Å². The smallest absolute Gasteiger partial charge is 0.271 e. The van der Waals surface area contributed by atoms with Gasteiger partial charge in [0.05, 0.1) is 12.4 Å². The molecule has 0 atom stereocenters. The lowest BCUT2D eigenvalue weighted by Gasteiger charge is -2.27. The first-order chi connectivity index (χ1) is 10.2. The van der Waals surface area contributed by atoms with E-state index in [1.165, 1.54) is 19.3 Å². The van der Waals surface area contributed by atoms with Crippen LogP contribution in [-0.4, -0.2) is 61.0 Å². The summed E-state index contributed by atoms with van der Waals surface area (Å²) in [5, 5.41) is 2.87. The molecule has 6 nitrogen and oxygen atoms in total. The van der Waals surface area contributed by atoms with E-state index < -0.39 is 0 Å². The highest BCUT2D eigenvalue weighted by molar-refractivity contribution is 5.91. The molecule has 1 saturated heterocycles. The molecule has 1 fully saturated rings. The van der Waals surface area contributed by atoms with Gasteiger partial charge >= 0.3 is 0 Å². The summed E-state index contributed by atoms with van der Waals surface area (Å²) in [7, 11) is 4.04. The van der Waals surface area contributed by atoms with Crippen LogP contribution in [-0.2, 0) is 0 Å². The van der Waals surface area contributed by atoms with Crippen LogP contribution in [0.25, 0.3) is 0 Å². The Bertz CT molecular complexity index is 440. The quantitative estimate of drug-likeness (QED) is 0.797. The Kier molecular flexibility index (Phi) is 5.92. The van der Waals surface area contributed by atoms with Crippen molar-refractivity contribution in [1.82, 2.24) is 20.2 Å². The highest BCUT2D eigenvalue weighted by Crippen LogP contribution is 2.16. The highest BCUT2D eigenvalue weighted by atomic mass is 16.1. The zero-order valence-corrected chi connectivity index (χ0v) is 13.0. The predicted molar refractivity (Wildman–Crippen MR) is 83.6 cm³/mol. The van der Waals surface area contributed by atoms with Crippen molar-refractivity contribution in [2.24, 2.45) is 0 Å². The van der Waals surface area contributed by atoms with Gasteiger partial charge in [0.2, 0.25) is 0 Å².